The quantitative estimate of drug-likeness (QED) is 0.800. The van der Waals surface area contributed by atoms with E-state index in [0.717, 1.165) is 57.7 Å². The van der Waals surface area contributed by atoms with Crippen LogP contribution in [0, 0.1) is 6.92 Å². The van der Waals surface area contributed by atoms with Crippen LogP contribution in [-0.4, -0.2) is 60.1 Å². The van der Waals surface area contributed by atoms with Crippen LogP contribution in [0.25, 0.3) is 0 Å². The fourth-order valence-electron chi connectivity index (χ4n) is 2.58. The Morgan fingerprint density at radius 1 is 1.24 bits per heavy atom. The summed E-state index contributed by atoms with van der Waals surface area (Å²) in [5.74, 6) is 0.188. The van der Waals surface area contributed by atoms with Crippen molar-refractivity contribution in [3.05, 3.63) is 29.3 Å². The fraction of sp³-hybridized carbons (Fsp3) is 0.562. The number of phenols is 1. The molecule has 5 heteroatoms. The maximum Gasteiger partial charge on any atom is 0.254 e. The molecule has 2 rings (SSSR count). The minimum Gasteiger partial charge on any atom is -0.508 e. The smallest absolute Gasteiger partial charge is 0.254 e. The van der Waals surface area contributed by atoms with Gasteiger partial charge in [0.05, 0.1) is 0 Å². The Morgan fingerprint density at radius 2 is 1.95 bits per heavy atom. The second-order valence-corrected chi connectivity index (χ2v) is 5.63. The molecule has 0 atom stereocenters. The van der Waals surface area contributed by atoms with Gasteiger partial charge in [0.1, 0.15) is 5.75 Å². The van der Waals surface area contributed by atoms with Crippen molar-refractivity contribution in [3.63, 3.8) is 0 Å². The van der Waals surface area contributed by atoms with E-state index in [9.17, 15) is 9.90 Å². The van der Waals surface area contributed by atoms with Crippen LogP contribution in [0.3, 0.4) is 0 Å². The third-order valence-corrected chi connectivity index (χ3v) is 4.04. The second kappa shape index (κ2) is 7.43. The number of aromatic hydroxyl groups is 1. The molecule has 0 aliphatic carbocycles. The van der Waals surface area contributed by atoms with Gasteiger partial charge in [-0.1, -0.05) is 6.07 Å². The molecule has 0 spiro atoms. The average molecular weight is 291 g/mol. The molecule has 1 saturated heterocycles. The van der Waals surface area contributed by atoms with Crippen molar-refractivity contribution in [3.8, 4) is 5.75 Å². The first-order valence-electron chi connectivity index (χ1n) is 7.63. The highest BCUT2D eigenvalue weighted by Gasteiger charge is 2.22. The van der Waals surface area contributed by atoms with E-state index in [2.05, 4.69) is 4.90 Å². The molecule has 1 fully saturated rings. The predicted molar refractivity (Wildman–Crippen MR) is 83.5 cm³/mol. The Kier molecular flexibility index (Phi) is 5.59. The molecule has 1 amide bonds. The fourth-order valence-corrected chi connectivity index (χ4v) is 2.58. The van der Waals surface area contributed by atoms with Crippen molar-refractivity contribution in [2.24, 2.45) is 5.73 Å². The molecule has 0 bridgehead atoms. The van der Waals surface area contributed by atoms with Crippen LogP contribution in [-0.2, 0) is 0 Å². The molecule has 0 saturated carbocycles. The molecule has 1 aliphatic rings. The summed E-state index contributed by atoms with van der Waals surface area (Å²) in [6, 6.07) is 5.13. The molecule has 21 heavy (non-hydrogen) atoms. The van der Waals surface area contributed by atoms with Crippen molar-refractivity contribution >= 4 is 5.91 Å². The average Bonchev–Trinajstić information content (AvgIpc) is 2.50. The summed E-state index contributed by atoms with van der Waals surface area (Å²) < 4.78 is 0. The van der Waals surface area contributed by atoms with Gasteiger partial charge in [0.15, 0.2) is 0 Å². The molecule has 0 aromatic heterocycles. The zero-order valence-electron chi connectivity index (χ0n) is 12.7. The summed E-state index contributed by atoms with van der Waals surface area (Å²) in [5, 5.41) is 9.72. The normalized spacial score (nSPS) is 16.2. The highest BCUT2D eigenvalue weighted by atomic mass is 16.3. The van der Waals surface area contributed by atoms with Crippen molar-refractivity contribution in [1.82, 2.24) is 9.80 Å². The number of phenolic OH excluding ortho intramolecular Hbond substituents is 1. The number of hydrogen-bond acceptors (Lipinski definition) is 4. The first-order valence-corrected chi connectivity index (χ1v) is 7.63. The molecular weight excluding hydrogens is 266 g/mol. The highest BCUT2D eigenvalue weighted by Crippen LogP contribution is 2.19. The lowest BCUT2D eigenvalue weighted by atomic mass is 10.1. The van der Waals surface area contributed by atoms with Crippen LogP contribution >= 0.6 is 0 Å². The minimum absolute atomic E-state index is 0.00640. The molecule has 0 unspecified atom stereocenters. The van der Waals surface area contributed by atoms with E-state index in [1.54, 1.807) is 18.2 Å². The lowest BCUT2D eigenvalue weighted by molar-refractivity contribution is 0.0635. The monoisotopic (exact) mass is 291 g/mol. The summed E-state index contributed by atoms with van der Waals surface area (Å²) in [4.78, 5) is 16.7. The molecule has 1 aromatic rings. The number of nitrogens with two attached hydrogens (primary N) is 1. The molecule has 1 heterocycles. The van der Waals surface area contributed by atoms with Gasteiger partial charge in [-0.25, -0.2) is 0 Å². The van der Waals surface area contributed by atoms with Gasteiger partial charge in [-0.3, -0.25) is 9.69 Å². The molecule has 1 aliphatic heterocycles. The number of nitrogens with zero attached hydrogens (tertiary/aromatic N) is 2. The zero-order chi connectivity index (χ0) is 15.2. The van der Waals surface area contributed by atoms with Gasteiger partial charge in [-0.2, -0.15) is 0 Å². The molecule has 1 aromatic carbocycles. The number of hydrogen-bond donors (Lipinski definition) is 2. The second-order valence-electron chi connectivity index (χ2n) is 5.63. The van der Waals surface area contributed by atoms with Crippen LogP contribution < -0.4 is 5.73 Å². The summed E-state index contributed by atoms with van der Waals surface area (Å²) >= 11 is 0. The number of carbonyl (C=O) groups excluding carboxylic acids is 1. The molecule has 116 valence electrons. The number of carbonyl (C=O) groups is 1. The topological polar surface area (TPSA) is 69.8 Å². The number of rotatable bonds is 5. The van der Waals surface area contributed by atoms with Gasteiger partial charge >= 0.3 is 0 Å². The van der Waals surface area contributed by atoms with Crippen LogP contribution in [0.15, 0.2) is 18.2 Å². The lowest BCUT2D eigenvalue weighted by Gasteiger charge is -2.34. The van der Waals surface area contributed by atoms with E-state index in [4.69, 9.17) is 5.73 Å². The van der Waals surface area contributed by atoms with Gasteiger partial charge in [0.25, 0.3) is 5.91 Å². The molecule has 0 radical (unpaired) electrons. The summed E-state index contributed by atoms with van der Waals surface area (Å²) in [5.41, 5.74) is 6.85. The van der Waals surface area contributed by atoms with Gasteiger partial charge < -0.3 is 15.7 Å². The number of aryl methyl sites for hydroxylation is 1. The van der Waals surface area contributed by atoms with Crippen molar-refractivity contribution < 1.29 is 9.90 Å². The first-order chi connectivity index (χ1) is 10.1. The number of amides is 1. The van der Waals surface area contributed by atoms with Gasteiger partial charge in [0, 0.05) is 31.7 Å². The van der Waals surface area contributed by atoms with E-state index in [0.29, 0.717) is 5.56 Å². The Bertz CT molecular complexity index is 482. The van der Waals surface area contributed by atoms with E-state index in [1.165, 1.54) is 0 Å². The molecular formula is C16H25N3O2. The maximum atomic E-state index is 12.4. The van der Waals surface area contributed by atoms with Crippen molar-refractivity contribution in [1.29, 1.82) is 0 Å². The molecule has 3 N–H and O–H groups in total. The van der Waals surface area contributed by atoms with Crippen LogP contribution in [0.1, 0.15) is 28.8 Å². The predicted octanol–water partition coefficient (Wildman–Crippen LogP) is 1.20. The SMILES string of the molecule is Cc1ccc(C(=O)N2CCN(CCCCN)CC2)cc1O. The number of unbranched alkanes of at least 4 members (excludes halogenated alkanes) is 1. The standard InChI is InChI=1S/C16H25N3O2/c1-13-4-5-14(12-15(13)20)16(21)19-10-8-18(9-11-19)7-3-2-6-17/h4-5,12,20H,2-3,6-11,17H2,1H3. The first kappa shape index (κ1) is 15.8. The Hall–Kier alpha value is -1.59. The largest absolute Gasteiger partial charge is 0.508 e. The van der Waals surface area contributed by atoms with Gasteiger partial charge in [-0.15, -0.1) is 0 Å². The Labute approximate surface area is 126 Å². The number of benzene rings is 1. The van der Waals surface area contributed by atoms with Crippen LogP contribution in [0.4, 0.5) is 0 Å². The third-order valence-electron chi connectivity index (χ3n) is 4.04. The summed E-state index contributed by atoms with van der Waals surface area (Å²) in [6.07, 6.45) is 2.18. The van der Waals surface area contributed by atoms with E-state index < -0.39 is 0 Å². The van der Waals surface area contributed by atoms with Crippen molar-refractivity contribution in [2.45, 2.75) is 19.8 Å². The lowest BCUT2D eigenvalue weighted by Crippen LogP contribution is -2.48. The van der Waals surface area contributed by atoms with Crippen molar-refractivity contribution in [2.75, 3.05) is 39.3 Å². The van der Waals surface area contributed by atoms with E-state index >= 15 is 0 Å². The van der Waals surface area contributed by atoms with Crippen LogP contribution in [0.2, 0.25) is 0 Å². The Balaban J connectivity index is 1.86. The summed E-state index contributed by atoms with van der Waals surface area (Å²) in [6.45, 7) is 6.94. The minimum atomic E-state index is 0.00640. The van der Waals surface area contributed by atoms with Gasteiger partial charge in [0.2, 0.25) is 0 Å². The summed E-state index contributed by atoms with van der Waals surface area (Å²) in [7, 11) is 0. The number of piperazine rings is 1. The van der Waals surface area contributed by atoms with Gasteiger partial charge in [-0.05, 0) is 50.6 Å². The van der Waals surface area contributed by atoms with Crippen LogP contribution in [0.5, 0.6) is 5.75 Å². The Morgan fingerprint density at radius 3 is 2.57 bits per heavy atom. The van der Waals surface area contributed by atoms with E-state index in [1.807, 2.05) is 11.8 Å². The zero-order valence-corrected chi connectivity index (χ0v) is 12.7. The van der Waals surface area contributed by atoms with E-state index in [-0.39, 0.29) is 11.7 Å². The third kappa shape index (κ3) is 4.19. The highest BCUT2D eigenvalue weighted by molar-refractivity contribution is 5.94. The maximum absolute atomic E-state index is 12.4. The molecule has 5 nitrogen and oxygen atoms in total.